The maximum Gasteiger partial charge on any atom is 0.256 e. The zero-order valence-corrected chi connectivity index (χ0v) is 15.6. The zero-order chi connectivity index (χ0) is 18.8. The van der Waals surface area contributed by atoms with E-state index in [1.165, 1.54) is 0 Å². The van der Waals surface area contributed by atoms with E-state index in [4.69, 9.17) is 16.3 Å². The first-order chi connectivity index (χ1) is 13.1. The van der Waals surface area contributed by atoms with Crippen molar-refractivity contribution in [2.45, 2.75) is 12.3 Å². The quantitative estimate of drug-likeness (QED) is 0.876. The second-order valence-electron chi connectivity index (χ2n) is 6.91. The highest BCUT2D eigenvalue weighted by atomic mass is 35.5. The maximum absolute atomic E-state index is 12.8. The Bertz CT molecular complexity index is 864. The number of hydrogen-bond acceptors (Lipinski definition) is 3. The van der Waals surface area contributed by atoms with Gasteiger partial charge in [0.2, 0.25) is 5.91 Å². The molecule has 0 bridgehead atoms. The number of carbonyl (C=O) groups is 2. The number of halogens is 1. The van der Waals surface area contributed by atoms with Crippen LogP contribution in [-0.4, -0.2) is 43.0 Å². The van der Waals surface area contributed by atoms with Crippen molar-refractivity contribution >= 4 is 29.1 Å². The molecule has 1 heterocycles. The molecule has 4 rings (SSSR count). The molecular formula is C21H21ClN2O3. The Hall–Kier alpha value is -2.37. The van der Waals surface area contributed by atoms with Crippen LogP contribution in [0, 0.1) is 5.92 Å². The van der Waals surface area contributed by atoms with Crippen molar-refractivity contribution < 1.29 is 14.3 Å². The van der Waals surface area contributed by atoms with Crippen LogP contribution in [-0.2, 0) is 9.53 Å². The predicted molar refractivity (Wildman–Crippen MR) is 104 cm³/mol. The topological polar surface area (TPSA) is 58.6 Å². The molecule has 1 saturated heterocycles. The van der Waals surface area contributed by atoms with Crippen LogP contribution in [0.3, 0.4) is 0 Å². The Morgan fingerprint density at radius 3 is 2.52 bits per heavy atom. The van der Waals surface area contributed by atoms with Crippen molar-refractivity contribution in [2.24, 2.45) is 5.92 Å². The van der Waals surface area contributed by atoms with Gasteiger partial charge >= 0.3 is 0 Å². The lowest BCUT2D eigenvalue weighted by Gasteiger charge is -2.27. The molecule has 0 aromatic heterocycles. The van der Waals surface area contributed by atoms with Crippen molar-refractivity contribution in [1.82, 2.24) is 4.90 Å². The van der Waals surface area contributed by atoms with Crippen molar-refractivity contribution in [3.8, 4) is 0 Å². The monoisotopic (exact) mass is 384 g/mol. The van der Waals surface area contributed by atoms with E-state index in [1.807, 2.05) is 36.4 Å². The molecule has 2 atom stereocenters. The van der Waals surface area contributed by atoms with E-state index < -0.39 is 0 Å². The third-order valence-electron chi connectivity index (χ3n) is 5.15. The average Bonchev–Trinajstić information content (AvgIpc) is 3.50. The number of hydrogen-bond donors (Lipinski definition) is 1. The summed E-state index contributed by atoms with van der Waals surface area (Å²) >= 11 is 6.25. The van der Waals surface area contributed by atoms with E-state index in [2.05, 4.69) is 5.32 Å². The molecule has 2 aliphatic rings. The number of nitrogens with zero attached hydrogens (tertiary/aromatic N) is 1. The largest absolute Gasteiger partial charge is 0.378 e. The van der Waals surface area contributed by atoms with Gasteiger partial charge in [0.05, 0.1) is 24.5 Å². The van der Waals surface area contributed by atoms with Crippen molar-refractivity contribution in [2.75, 3.05) is 31.6 Å². The SMILES string of the molecule is O=C(Nc1ccccc1C(=O)N1CCOCC1)C1CC1c1ccccc1Cl. The Morgan fingerprint density at radius 1 is 1.04 bits per heavy atom. The van der Waals surface area contributed by atoms with Crippen molar-refractivity contribution in [3.05, 3.63) is 64.7 Å². The number of para-hydroxylation sites is 1. The van der Waals surface area contributed by atoms with Crippen LogP contribution in [0.1, 0.15) is 28.3 Å². The summed E-state index contributed by atoms with van der Waals surface area (Å²) in [6.45, 7) is 2.22. The summed E-state index contributed by atoms with van der Waals surface area (Å²) in [5.74, 6) is -0.118. The summed E-state index contributed by atoms with van der Waals surface area (Å²) in [5.41, 5.74) is 2.09. The first kappa shape index (κ1) is 18.0. The van der Waals surface area contributed by atoms with Gasteiger partial charge in [0, 0.05) is 24.0 Å². The van der Waals surface area contributed by atoms with Gasteiger partial charge in [-0.1, -0.05) is 41.9 Å². The number of ether oxygens (including phenoxy) is 1. The molecule has 2 aromatic carbocycles. The normalized spacial score (nSPS) is 21.6. The summed E-state index contributed by atoms with van der Waals surface area (Å²) in [7, 11) is 0. The average molecular weight is 385 g/mol. The molecular weight excluding hydrogens is 364 g/mol. The molecule has 2 amide bonds. The second kappa shape index (κ2) is 7.71. The molecule has 5 nitrogen and oxygen atoms in total. The van der Waals surface area contributed by atoms with Crippen molar-refractivity contribution in [1.29, 1.82) is 0 Å². The standard InChI is InChI=1S/C21H21ClN2O3/c22-18-7-3-1-5-14(18)16-13-17(16)20(25)23-19-8-4-2-6-15(19)21(26)24-9-11-27-12-10-24/h1-8,16-17H,9-13H2,(H,23,25). The molecule has 1 N–H and O–H groups in total. The molecule has 27 heavy (non-hydrogen) atoms. The molecule has 6 heteroatoms. The van der Waals surface area contributed by atoms with E-state index >= 15 is 0 Å². The van der Waals surface area contributed by atoms with E-state index in [0.717, 1.165) is 12.0 Å². The van der Waals surface area contributed by atoms with Crippen LogP contribution >= 0.6 is 11.6 Å². The van der Waals surface area contributed by atoms with Crippen LogP contribution in [0.25, 0.3) is 0 Å². The number of rotatable bonds is 4. The summed E-state index contributed by atoms with van der Waals surface area (Å²) in [6, 6.07) is 14.8. The summed E-state index contributed by atoms with van der Waals surface area (Å²) in [5, 5.41) is 3.65. The summed E-state index contributed by atoms with van der Waals surface area (Å²) in [6.07, 6.45) is 0.773. The minimum atomic E-state index is -0.114. The van der Waals surface area contributed by atoms with Gasteiger partial charge in [0.25, 0.3) is 5.91 Å². The van der Waals surface area contributed by atoms with Crippen molar-refractivity contribution in [3.63, 3.8) is 0 Å². The summed E-state index contributed by atoms with van der Waals surface area (Å²) in [4.78, 5) is 27.3. The Kier molecular flexibility index (Phi) is 5.14. The lowest BCUT2D eigenvalue weighted by Crippen LogP contribution is -2.41. The minimum absolute atomic E-state index is 0.0675. The Labute approximate surface area is 163 Å². The van der Waals surface area contributed by atoms with Gasteiger partial charge in [-0.05, 0) is 36.1 Å². The maximum atomic E-state index is 12.8. The molecule has 2 unspecified atom stereocenters. The Morgan fingerprint density at radius 2 is 1.74 bits per heavy atom. The zero-order valence-electron chi connectivity index (χ0n) is 14.9. The number of morpholine rings is 1. The van der Waals surface area contributed by atoms with Crippen LogP contribution in [0.15, 0.2) is 48.5 Å². The molecule has 0 radical (unpaired) electrons. The van der Waals surface area contributed by atoms with Gasteiger partial charge in [-0.15, -0.1) is 0 Å². The Balaban J connectivity index is 1.46. The molecule has 1 aliphatic heterocycles. The molecule has 2 aromatic rings. The minimum Gasteiger partial charge on any atom is -0.378 e. The highest BCUT2D eigenvalue weighted by Gasteiger charge is 2.45. The molecule has 1 saturated carbocycles. The van der Waals surface area contributed by atoms with Crippen LogP contribution in [0.2, 0.25) is 5.02 Å². The van der Waals surface area contributed by atoms with Gasteiger partial charge in [0.1, 0.15) is 0 Å². The smallest absolute Gasteiger partial charge is 0.256 e. The number of amides is 2. The fraction of sp³-hybridized carbons (Fsp3) is 0.333. The number of anilines is 1. The third-order valence-corrected chi connectivity index (χ3v) is 5.49. The first-order valence-electron chi connectivity index (χ1n) is 9.16. The van der Waals surface area contributed by atoms with Crippen LogP contribution in [0.5, 0.6) is 0 Å². The lowest BCUT2D eigenvalue weighted by atomic mass is 10.1. The van der Waals surface area contributed by atoms with E-state index in [1.54, 1.807) is 17.0 Å². The fourth-order valence-corrected chi connectivity index (χ4v) is 3.82. The second-order valence-corrected chi connectivity index (χ2v) is 7.32. The van der Waals surface area contributed by atoms with Crippen LogP contribution in [0.4, 0.5) is 5.69 Å². The number of nitrogens with one attached hydrogen (secondary N) is 1. The molecule has 0 spiro atoms. The third kappa shape index (κ3) is 3.84. The van der Waals surface area contributed by atoms with Crippen LogP contribution < -0.4 is 5.32 Å². The molecule has 2 fully saturated rings. The summed E-state index contributed by atoms with van der Waals surface area (Å²) < 4.78 is 5.31. The fourth-order valence-electron chi connectivity index (χ4n) is 3.55. The highest BCUT2D eigenvalue weighted by Crippen LogP contribution is 2.50. The molecule has 1 aliphatic carbocycles. The van der Waals surface area contributed by atoms with Gasteiger partial charge in [-0.3, -0.25) is 9.59 Å². The highest BCUT2D eigenvalue weighted by molar-refractivity contribution is 6.31. The van der Waals surface area contributed by atoms with Gasteiger partial charge < -0.3 is 15.0 Å². The van der Waals surface area contributed by atoms with E-state index in [0.29, 0.717) is 42.6 Å². The van der Waals surface area contributed by atoms with E-state index in [9.17, 15) is 9.59 Å². The van der Waals surface area contributed by atoms with Gasteiger partial charge in [-0.25, -0.2) is 0 Å². The predicted octanol–water partition coefficient (Wildman–Crippen LogP) is 3.55. The lowest BCUT2D eigenvalue weighted by molar-refractivity contribution is -0.117. The molecule has 140 valence electrons. The van der Waals surface area contributed by atoms with E-state index in [-0.39, 0.29) is 23.7 Å². The number of benzene rings is 2. The first-order valence-corrected chi connectivity index (χ1v) is 9.54. The van der Waals surface area contributed by atoms with Gasteiger partial charge in [0.15, 0.2) is 0 Å². The number of carbonyl (C=O) groups excluding carboxylic acids is 2. The van der Waals surface area contributed by atoms with Gasteiger partial charge in [-0.2, -0.15) is 0 Å².